The van der Waals surface area contributed by atoms with Gasteiger partial charge in [-0.15, -0.1) is 0 Å². The zero-order valence-electron chi connectivity index (χ0n) is 17.2. The van der Waals surface area contributed by atoms with Gasteiger partial charge in [0.25, 0.3) is 15.9 Å². The molecule has 30 heavy (non-hydrogen) atoms. The Morgan fingerprint density at radius 2 is 1.87 bits per heavy atom. The molecule has 1 aliphatic heterocycles. The largest absolute Gasteiger partial charge is 0.375 e. The van der Waals surface area contributed by atoms with Crippen molar-refractivity contribution in [2.75, 3.05) is 35.2 Å². The van der Waals surface area contributed by atoms with Crippen LogP contribution in [-0.4, -0.2) is 40.5 Å². The van der Waals surface area contributed by atoms with Crippen LogP contribution in [0.25, 0.3) is 0 Å². The minimum Gasteiger partial charge on any atom is -0.375 e. The lowest BCUT2D eigenvalue weighted by Gasteiger charge is -2.18. The Balaban J connectivity index is 1.83. The number of aryl methyl sites for hydroxylation is 1. The van der Waals surface area contributed by atoms with Gasteiger partial charge in [-0.1, -0.05) is 13.0 Å². The first-order valence-electron chi connectivity index (χ1n) is 9.60. The first-order chi connectivity index (χ1) is 14.2. The minimum absolute atomic E-state index is 0.0322. The number of fused-ring (bicyclic) bond motifs is 1. The molecule has 0 saturated heterocycles. The van der Waals surface area contributed by atoms with Gasteiger partial charge in [0.05, 0.1) is 10.6 Å². The van der Waals surface area contributed by atoms with E-state index < -0.39 is 10.0 Å². The van der Waals surface area contributed by atoms with Crippen molar-refractivity contribution in [3.8, 4) is 0 Å². The predicted molar refractivity (Wildman–Crippen MR) is 115 cm³/mol. The lowest BCUT2D eigenvalue weighted by Crippen LogP contribution is -2.32. The summed E-state index contributed by atoms with van der Waals surface area (Å²) in [5.74, 6) is -0.314. The molecule has 0 bridgehead atoms. The summed E-state index contributed by atoms with van der Waals surface area (Å²) in [6.07, 6.45) is 1.05. The summed E-state index contributed by atoms with van der Waals surface area (Å²) in [5, 5.41) is 2.71. The first kappa shape index (κ1) is 21.8. The number of carbonyl (C=O) groups is 2. The maximum absolute atomic E-state index is 12.9. The lowest BCUT2D eigenvalue weighted by atomic mass is 10.1. The van der Waals surface area contributed by atoms with E-state index in [1.807, 2.05) is 6.07 Å². The highest BCUT2D eigenvalue weighted by molar-refractivity contribution is 7.92. The van der Waals surface area contributed by atoms with Gasteiger partial charge in [-0.25, -0.2) is 8.42 Å². The van der Waals surface area contributed by atoms with Gasteiger partial charge >= 0.3 is 0 Å². The molecule has 0 fully saturated rings. The van der Waals surface area contributed by atoms with E-state index in [0.717, 1.165) is 5.56 Å². The van der Waals surface area contributed by atoms with Crippen molar-refractivity contribution in [3.05, 3.63) is 47.5 Å². The van der Waals surface area contributed by atoms with Crippen LogP contribution in [0.15, 0.2) is 41.3 Å². The molecule has 160 valence electrons. The molecule has 2 aromatic rings. The van der Waals surface area contributed by atoms with Crippen molar-refractivity contribution in [2.45, 2.75) is 31.6 Å². The van der Waals surface area contributed by atoms with Crippen LogP contribution < -0.4 is 14.9 Å². The van der Waals surface area contributed by atoms with E-state index in [9.17, 15) is 18.0 Å². The van der Waals surface area contributed by atoms with E-state index >= 15 is 0 Å². The Labute approximate surface area is 176 Å². The van der Waals surface area contributed by atoms with Crippen LogP contribution >= 0.6 is 0 Å². The predicted octanol–water partition coefficient (Wildman–Crippen LogP) is 2.68. The summed E-state index contributed by atoms with van der Waals surface area (Å²) in [7, 11) is -2.39. The number of methoxy groups -OCH3 is 1. The Morgan fingerprint density at radius 1 is 1.13 bits per heavy atom. The summed E-state index contributed by atoms with van der Waals surface area (Å²) >= 11 is 0. The third-order valence-corrected chi connectivity index (χ3v) is 6.41. The number of rotatable bonds is 7. The molecule has 0 saturated carbocycles. The monoisotopic (exact) mass is 431 g/mol. The number of hydrogen-bond donors (Lipinski definition) is 2. The fourth-order valence-electron chi connectivity index (χ4n) is 3.39. The number of nitrogens with zero attached hydrogens (tertiary/aromatic N) is 1. The molecule has 1 heterocycles. The SMILES string of the molecule is CCC(=O)Nc1ccc(S(=O)(=O)Nc2ccc3c(c2)N(C(=O)COC)CC3)c(C)c1. The van der Waals surface area contributed by atoms with Crippen molar-refractivity contribution < 1.29 is 22.7 Å². The van der Waals surface area contributed by atoms with Crippen molar-refractivity contribution in [1.29, 1.82) is 0 Å². The number of anilines is 3. The quantitative estimate of drug-likeness (QED) is 0.701. The van der Waals surface area contributed by atoms with Gasteiger partial charge in [-0.2, -0.15) is 0 Å². The number of ether oxygens (including phenoxy) is 1. The minimum atomic E-state index is -3.85. The summed E-state index contributed by atoms with van der Waals surface area (Å²) in [6.45, 7) is 3.92. The Hall–Kier alpha value is -2.91. The van der Waals surface area contributed by atoms with E-state index in [4.69, 9.17) is 4.74 Å². The topological polar surface area (TPSA) is 105 Å². The summed E-state index contributed by atoms with van der Waals surface area (Å²) in [4.78, 5) is 25.5. The van der Waals surface area contributed by atoms with Gasteiger partial charge in [0, 0.05) is 31.5 Å². The molecular formula is C21H25N3O5S. The van der Waals surface area contributed by atoms with Crippen LogP contribution in [0.1, 0.15) is 24.5 Å². The summed E-state index contributed by atoms with van der Waals surface area (Å²) in [6, 6.07) is 9.82. The Morgan fingerprint density at radius 3 is 2.53 bits per heavy atom. The summed E-state index contributed by atoms with van der Waals surface area (Å²) < 4.78 is 33.4. The average molecular weight is 432 g/mol. The Bertz CT molecular complexity index is 1080. The van der Waals surface area contributed by atoms with Gasteiger partial charge in [0.1, 0.15) is 6.61 Å². The number of sulfonamides is 1. The van der Waals surface area contributed by atoms with Crippen molar-refractivity contribution in [1.82, 2.24) is 0 Å². The molecule has 2 amide bonds. The van der Waals surface area contributed by atoms with Gasteiger partial charge in [-0.05, 0) is 54.8 Å². The maximum Gasteiger partial charge on any atom is 0.262 e. The van der Waals surface area contributed by atoms with Crippen LogP contribution in [-0.2, 0) is 30.8 Å². The molecule has 1 aliphatic rings. The molecule has 0 spiro atoms. The zero-order chi connectivity index (χ0) is 21.9. The number of hydrogen-bond acceptors (Lipinski definition) is 5. The second kappa shape index (κ2) is 8.85. The molecule has 9 heteroatoms. The van der Waals surface area contributed by atoms with Gasteiger partial charge in [-0.3, -0.25) is 14.3 Å². The molecule has 0 atom stereocenters. The molecule has 0 radical (unpaired) electrons. The lowest BCUT2D eigenvalue weighted by molar-refractivity contribution is -0.122. The molecular weight excluding hydrogens is 406 g/mol. The summed E-state index contributed by atoms with van der Waals surface area (Å²) in [5.41, 5.74) is 3.09. The highest BCUT2D eigenvalue weighted by atomic mass is 32.2. The van der Waals surface area contributed by atoms with Crippen molar-refractivity contribution in [3.63, 3.8) is 0 Å². The van der Waals surface area contributed by atoms with E-state index in [1.165, 1.54) is 13.2 Å². The number of amides is 2. The van der Waals surface area contributed by atoms with E-state index in [1.54, 1.807) is 43.0 Å². The molecule has 0 aromatic heterocycles. The van der Waals surface area contributed by atoms with E-state index in [2.05, 4.69) is 10.0 Å². The molecule has 0 aliphatic carbocycles. The molecule has 0 unspecified atom stereocenters. The van der Waals surface area contributed by atoms with Crippen LogP contribution in [0.2, 0.25) is 0 Å². The van der Waals surface area contributed by atoms with E-state index in [0.29, 0.717) is 42.0 Å². The Kier molecular flexibility index (Phi) is 6.42. The standard InChI is InChI=1S/C21H25N3O5S/c1-4-20(25)22-16-7-8-19(14(2)11-16)30(27,28)23-17-6-5-15-9-10-24(18(15)12-17)21(26)13-29-3/h5-8,11-12,23H,4,9-10,13H2,1-3H3,(H,22,25). The fraction of sp³-hybridized carbons (Fsp3) is 0.333. The second-order valence-corrected chi connectivity index (χ2v) is 8.71. The number of nitrogens with one attached hydrogen (secondary N) is 2. The van der Waals surface area contributed by atoms with E-state index in [-0.39, 0.29) is 23.3 Å². The van der Waals surface area contributed by atoms with Crippen molar-refractivity contribution in [2.24, 2.45) is 0 Å². The van der Waals surface area contributed by atoms with Crippen LogP contribution in [0, 0.1) is 6.92 Å². The second-order valence-electron chi connectivity index (χ2n) is 7.06. The zero-order valence-corrected chi connectivity index (χ0v) is 18.0. The first-order valence-corrected chi connectivity index (χ1v) is 11.1. The normalized spacial score (nSPS) is 13.1. The smallest absolute Gasteiger partial charge is 0.262 e. The van der Waals surface area contributed by atoms with Gasteiger partial charge in [0.15, 0.2) is 0 Å². The number of carbonyl (C=O) groups excluding carboxylic acids is 2. The van der Waals surface area contributed by atoms with Crippen LogP contribution in [0.5, 0.6) is 0 Å². The third-order valence-electron chi connectivity index (χ3n) is 4.87. The average Bonchev–Trinajstić information content (AvgIpc) is 3.11. The third kappa shape index (κ3) is 4.63. The van der Waals surface area contributed by atoms with Gasteiger partial charge in [0.2, 0.25) is 5.91 Å². The fourth-order valence-corrected chi connectivity index (χ4v) is 4.67. The number of benzene rings is 2. The van der Waals surface area contributed by atoms with Crippen LogP contribution in [0.3, 0.4) is 0 Å². The van der Waals surface area contributed by atoms with Gasteiger partial charge < -0.3 is 15.0 Å². The molecule has 8 nitrogen and oxygen atoms in total. The maximum atomic E-state index is 12.9. The molecule has 2 aromatic carbocycles. The highest BCUT2D eigenvalue weighted by Crippen LogP contribution is 2.32. The molecule has 3 rings (SSSR count). The van der Waals surface area contributed by atoms with Crippen LogP contribution in [0.4, 0.5) is 17.1 Å². The molecule has 2 N–H and O–H groups in total. The highest BCUT2D eigenvalue weighted by Gasteiger charge is 2.26. The van der Waals surface area contributed by atoms with Crippen molar-refractivity contribution >= 4 is 38.9 Å².